The van der Waals surface area contributed by atoms with Crippen LogP contribution in [0, 0.1) is 0 Å². The molecule has 0 radical (unpaired) electrons. The van der Waals surface area contributed by atoms with E-state index in [1.165, 1.54) is 10.8 Å². The quantitative estimate of drug-likeness (QED) is 0.186. The van der Waals surface area contributed by atoms with Crippen LogP contribution < -0.4 is 5.69 Å². The van der Waals surface area contributed by atoms with Crippen LogP contribution >= 0.6 is 0 Å². The third-order valence-electron chi connectivity index (χ3n) is 10.5. The van der Waals surface area contributed by atoms with Gasteiger partial charge in [-0.1, -0.05) is 133 Å². The van der Waals surface area contributed by atoms with Gasteiger partial charge in [-0.05, 0) is 48.0 Å². The van der Waals surface area contributed by atoms with Gasteiger partial charge in [-0.25, -0.2) is 19.3 Å². The summed E-state index contributed by atoms with van der Waals surface area (Å²) in [5.74, 6) is 0.322. The van der Waals surface area contributed by atoms with Crippen LogP contribution in [-0.2, 0) is 0 Å². The van der Waals surface area contributed by atoms with Gasteiger partial charge in [-0.2, -0.15) is 0 Å². The lowest BCUT2D eigenvalue weighted by Crippen LogP contribution is -2.27. The van der Waals surface area contributed by atoms with E-state index in [-0.39, 0.29) is 5.69 Å². The lowest BCUT2D eigenvalue weighted by molar-refractivity contribution is 0.874. The van der Waals surface area contributed by atoms with Crippen LogP contribution in [0.2, 0.25) is 0 Å². The van der Waals surface area contributed by atoms with E-state index in [1.807, 2.05) is 83.3 Å². The van der Waals surface area contributed by atoms with Gasteiger partial charge in [0.2, 0.25) is 5.95 Å². The number of aromatic nitrogens is 5. The minimum Gasteiger partial charge on any atom is -0.309 e. The predicted molar refractivity (Wildman–Crippen MR) is 216 cm³/mol. The van der Waals surface area contributed by atoms with Gasteiger partial charge in [-0.15, -0.1) is 0 Å². The molecular weight excluding hydrogens is 651 g/mol. The number of hydrogen-bond acceptors (Lipinski definition) is 3. The van der Waals surface area contributed by atoms with Gasteiger partial charge >= 0.3 is 5.69 Å². The molecule has 6 heteroatoms. The number of fused-ring (bicyclic) bond motifs is 9. The summed E-state index contributed by atoms with van der Waals surface area (Å²) >= 11 is 0. The SMILES string of the molecule is O=c1n(-c2nc(-c3ccccc3)c3ccccc3n2)c2ccc(-n3c4ccccc4c4ccccc43)cc2c2c(-c3ccccc3)c3ccccc3n12. The Hall–Kier alpha value is -7.31. The molecule has 0 saturated carbocycles. The molecule has 248 valence electrons. The summed E-state index contributed by atoms with van der Waals surface area (Å²) in [6, 6.07) is 60.1. The summed E-state index contributed by atoms with van der Waals surface area (Å²) in [4.78, 5) is 25.6. The van der Waals surface area contributed by atoms with Crippen LogP contribution in [0.4, 0.5) is 0 Å². The normalized spacial score (nSPS) is 11.8. The third-order valence-corrected chi connectivity index (χ3v) is 10.5. The van der Waals surface area contributed by atoms with Crippen LogP contribution in [-0.4, -0.2) is 23.5 Å². The summed E-state index contributed by atoms with van der Waals surface area (Å²) in [6.07, 6.45) is 0. The second-order valence-corrected chi connectivity index (χ2v) is 13.4. The Morgan fingerprint density at radius 3 is 1.66 bits per heavy atom. The highest BCUT2D eigenvalue weighted by Gasteiger charge is 2.24. The van der Waals surface area contributed by atoms with Crippen molar-refractivity contribution in [3.63, 3.8) is 0 Å². The van der Waals surface area contributed by atoms with Crippen LogP contribution in [0.3, 0.4) is 0 Å². The van der Waals surface area contributed by atoms with Gasteiger partial charge in [0.15, 0.2) is 0 Å². The molecule has 11 aromatic rings. The Labute approximate surface area is 303 Å². The Morgan fingerprint density at radius 1 is 0.415 bits per heavy atom. The molecule has 0 aliphatic carbocycles. The van der Waals surface area contributed by atoms with Crippen LogP contribution in [0.15, 0.2) is 181 Å². The molecule has 0 saturated heterocycles. The molecule has 0 fully saturated rings. The first-order valence-corrected chi connectivity index (χ1v) is 17.7. The monoisotopic (exact) mass is 679 g/mol. The van der Waals surface area contributed by atoms with E-state index >= 15 is 4.79 Å². The first kappa shape index (κ1) is 29.4. The summed E-state index contributed by atoms with van der Waals surface area (Å²) < 4.78 is 5.87. The number of nitrogens with zero attached hydrogens (tertiary/aromatic N) is 5. The van der Waals surface area contributed by atoms with Gasteiger partial charge in [0.25, 0.3) is 0 Å². The third kappa shape index (κ3) is 4.30. The van der Waals surface area contributed by atoms with Crippen molar-refractivity contribution in [2.45, 2.75) is 0 Å². The van der Waals surface area contributed by atoms with Crippen molar-refractivity contribution >= 4 is 60.0 Å². The number of para-hydroxylation sites is 4. The van der Waals surface area contributed by atoms with Gasteiger partial charge in [0.1, 0.15) is 0 Å². The van der Waals surface area contributed by atoms with Crippen molar-refractivity contribution in [2.75, 3.05) is 0 Å². The first-order valence-electron chi connectivity index (χ1n) is 17.7. The zero-order valence-corrected chi connectivity index (χ0v) is 28.4. The Balaban J connectivity index is 1.33. The highest BCUT2D eigenvalue weighted by molar-refractivity contribution is 6.15. The number of rotatable bonds is 4. The fourth-order valence-electron chi connectivity index (χ4n) is 8.22. The standard InChI is InChI=1S/C47H29N5O/c53-47-51-41-26-14-10-22-36(41)43(30-15-3-1-4-16-30)45(51)37-29-32(50-39-24-12-8-19-33(39)34-20-9-13-25-40(34)50)27-28-42(37)52(47)46-48-38-23-11-7-21-35(38)44(49-46)31-17-5-2-6-18-31/h1-29H. The lowest BCUT2D eigenvalue weighted by atomic mass is 10.0. The molecule has 0 spiro atoms. The zero-order valence-electron chi connectivity index (χ0n) is 28.4. The molecule has 6 nitrogen and oxygen atoms in total. The Morgan fingerprint density at radius 2 is 0.962 bits per heavy atom. The molecule has 4 aromatic heterocycles. The second-order valence-electron chi connectivity index (χ2n) is 13.4. The second kappa shape index (κ2) is 11.4. The molecule has 0 unspecified atom stereocenters. The fraction of sp³-hybridized carbons (Fsp3) is 0. The minimum absolute atomic E-state index is 0.232. The van der Waals surface area contributed by atoms with Gasteiger partial charge in [0, 0.05) is 43.7 Å². The topological polar surface area (TPSA) is 57.1 Å². The van der Waals surface area contributed by atoms with Crippen molar-refractivity contribution in [3.05, 3.63) is 186 Å². The maximum atomic E-state index is 15.3. The molecule has 0 aliphatic heterocycles. The van der Waals surface area contributed by atoms with E-state index in [1.54, 1.807) is 4.57 Å². The lowest BCUT2D eigenvalue weighted by Gasteiger charge is -2.16. The highest BCUT2D eigenvalue weighted by atomic mass is 16.1. The Kier molecular flexibility index (Phi) is 6.30. The first-order chi connectivity index (χ1) is 26.2. The van der Waals surface area contributed by atoms with Gasteiger partial charge < -0.3 is 4.57 Å². The van der Waals surface area contributed by atoms with Crippen LogP contribution in [0.1, 0.15) is 0 Å². The summed E-state index contributed by atoms with van der Waals surface area (Å²) in [5.41, 5.74) is 9.95. The molecule has 4 heterocycles. The molecule has 7 aromatic carbocycles. The maximum absolute atomic E-state index is 15.3. The Bertz CT molecular complexity index is 3250. The molecule has 0 atom stereocenters. The number of hydrogen-bond donors (Lipinski definition) is 0. The zero-order chi connectivity index (χ0) is 35.0. The molecule has 53 heavy (non-hydrogen) atoms. The van der Waals surface area contributed by atoms with E-state index in [4.69, 9.17) is 9.97 Å². The van der Waals surface area contributed by atoms with E-state index in [0.29, 0.717) is 5.95 Å². The molecule has 0 amide bonds. The van der Waals surface area contributed by atoms with Crippen molar-refractivity contribution in [1.82, 2.24) is 23.5 Å². The summed E-state index contributed by atoms with van der Waals surface area (Å²) in [6.45, 7) is 0. The minimum atomic E-state index is -0.232. The van der Waals surface area contributed by atoms with Crippen molar-refractivity contribution in [3.8, 4) is 34.0 Å². The van der Waals surface area contributed by atoms with Gasteiger partial charge in [-0.3, -0.25) is 4.40 Å². The van der Waals surface area contributed by atoms with Crippen LogP contribution in [0.5, 0.6) is 0 Å². The average molecular weight is 680 g/mol. The fourth-order valence-corrected chi connectivity index (χ4v) is 8.22. The molecule has 0 bridgehead atoms. The van der Waals surface area contributed by atoms with Crippen molar-refractivity contribution < 1.29 is 0 Å². The summed E-state index contributed by atoms with van der Waals surface area (Å²) in [5, 5.41) is 5.22. The molecule has 11 rings (SSSR count). The number of benzene rings is 7. The predicted octanol–water partition coefficient (Wildman–Crippen LogP) is 10.8. The largest absolute Gasteiger partial charge is 0.340 e. The maximum Gasteiger partial charge on any atom is 0.340 e. The van der Waals surface area contributed by atoms with E-state index < -0.39 is 0 Å². The molecule has 0 aliphatic rings. The van der Waals surface area contributed by atoms with Gasteiger partial charge in [0.05, 0.1) is 38.8 Å². The van der Waals surface area contributed by atoms with Crippen molar-refractivity contribution in [1.29, 1.82) is 0 Å². The molecule has 0 N–H and O–H groups in total. The highest BCUT2D eigenvalue weighted by Crippen LogP contribution is 2.40. The smallest absolute Gasteiger partial charge is 0.309 e. The summed E-state index contributed by atoms with van der Waals surface area (Å²) in [7, 11) is 0. The van der Waals surface area contributed by atoms with E-state index in [0.717, 1.165) is 77.3 Å². The van der Waals surface area contributed by atoms with Crippen LogP contribution in [0.25, 0.3) is 94.1 Å². The van der Waals surface area contributed by atoms with E-state index in [9.17, 15) is 0 Å². The molecular formula is C47H29N5O. The average Bonchev–Trinajstić information content (AvgIpc) is 3.75. The van der Waals surface area contributed by atoms with Crippen molar-refractivity contribution in [2.24, 2.45) is 0 Å². The van der Waals surface area contributed by atoms with E-state index in [2.05, 4.69) is 102 Å².